The molecule has 0 spiro atoms. The van der Waals surface area contributed by atoms with E-state index in [0.29, 0.717) is 0 Å². The first-order chi connectivity index (χ1) is 12.5. The summed E-state index contributed by atoms with van der Waals surface area (Å²) in [4.78, 5) is 29.5. The first kappa shape index (κ1) is 18.5. The van der Waals surface area contributed by atoms with Crippen molar-refractivity contribution in [3.05, 3.63) is 36.7 Å². The number of amides is 2. The number of nitrogens with zero attached hydrogens (tertiary/aromatic N) is 2. The zero-order valence-corrected chi connectivity index (χ0v) is 15.9. The maximum Gasteiger partial charge on any atom is 0.247 e. The molecule has 1 fully saturated rings. The molecule has 6 nitrogen and oxygen atoms in total. The van der Waals surface area contributed by atoms with Crippen molar-refractivity contribution in [2.24, 2.45) is 13.0 Å². The van der Waals surface area contributed by atoms with Crippen molar-refractivity contribution in [2.75, 3.05) is 5.32 Å². The lowest BCUT2D eigenvalue weighted by Gasteiger charge is -2.23. The van der Waals surface area contributed by atoms with E-state index in [1.165, 1.54) is 6.92 Å². The second-order valence-corrected chi connectivity index (χ2v) is 7.70. The highest BCUT2D eigenvalue weighted by Gasteiger charge is 2.31. The maximum absolute atomic E-state index is 12.7. The van der Waals surface area contributed by atoms with E-state index >= 15 is 0 Å². The summed E-state index contributed by atoms with van der Waals surface area (Å²) in [6.07, 6.45) is 7.87. The molecule has 3 rings (SSSR count). The molecule has 1 unspecified atom stereocenters. The molecule has 1 heterocycles. The summed E-state index contributed by atoms with van der Waals surface area (Å²) >= 11 is 1.57. The third kappa shape index (κ3) is 4.66. The molecule has 2 aromatic rings. The second kappa shape index (κ2) is 8.40. The topological polar surface area (TPSA) is 76.0 Å². The Kier molecular flexibility index (Phi) is 5.98. The van der Waals surface area contributed by atoms with Gasteiger partial charge < -0.3 is 15.2 Å². The summed E-state index contributed by atoms with van der Waals surface area (Å²) in [7, 11) is 1.95. The lowest BCUT2D eigenvalue weighted by Crippen LogP contribution is -2.47. The Balaban J connectivity index is 1.64. The smallest absolute Gasteiger partial charge is 0.247 e. The standard InChI is InChI=1S/C19H24N4O2S/c1-13(24)21-17(14-5-3-4-6-14)18(25)22-15-7-9-16(10-8-15)26-19-20-11-12-23(19)2/h7-12,14,17H,3-6H2,1-2H3,(H,21,24)(H,22,25). The lowest BCUT2D eigenvalue weighted by molar-refractivity contribution is -0.126. The first-order valence-electron chi connectivity index (χ1n) is 8.86. The molecule has 1 saturated carbocycles. The number of hydrogen-bond acceptors (Lipinski definition) is 4. The number of rotatable bonds is 6. The predicted molar refractivity (Wildman–Crippen MR) is 102 cm³/mol. The van der Waals surface area contributed by atoms with Crippen molar-refractivity contribution >= 4 is 29.3 Å². The third-order valence-corrected chi connectivity index (χ3v) is 5.70. The van der Waals surface area contributed by atoms with Crippen LogP contribution in [0.3, 0.4) is 0 Å². The fourth-order valence-electron chi connectivity index (χ4n) is 3.29. The van der Waals surface area contributed by atoms with Crippen LogP contribution in [0.1, 0.15) is 32.6 Å². The van der Waals surface area contributed by atoms with Crippen LogP contribution in [-0.2, 0) is 16.6 Å². The minimum atomic E-state index is -0.461. The van der Waals surface area contributed by atoms with E-state index < -0.39 is 6.04 Å². The Morgan fingerprint density at radius 3 is 2.50 bits per heavy atom. The minimum absolute atomic E-state index is 0.142. The molecule has 0 radical (unpaired) electrons. The molecule has 2 N–H and O–H groups in total. The number of anilines is 1. The lowest BCUT2D eigenvalue weighted by atomic mass is 9.97. The number of carbonyl (C=O) groups is 2. The van der Waals surface area contributed by atoms with Gasteiger partial charge in [-0.1, -0.05) is 24.6 Å². The number of carbonyl (C=O) groups excluding carboxylic acids is 2. The molecule has 0 bridgehead atoms. The van der Waals surface area contributed by atoms with Crippen LogP contribution in [0.15, 0.2) is 46.7 Å². The number of aromatic nitrogens is 2. The van der Waals surface area contributed by atoms with Crippen LogP contribution in [0, 0.1) is 5.92 Å². The van der Waals surface area contributed by atoms with Crippen LogP contribution >= 0.6 is 11.8 Å². The summed E-state index contributed by atoms with van der Waals surface area (Å²) in [5, 5.41) is 6.67. The molecule has 138 valence electrons. The molecule has 1 aromatic carbocycles. The van der Waals surface area contributed by atoms with Crippen molar-refractivity contribution in [3.63, 3.8) is 0 Å². The van der Waals surface area contributed by atoms with Crippen molar-refractivity contribution in [1.29, 1.82) is 0 Å². The SMILES string of the molecule is CC(=O)NC(C(=O)Nc1ccc(Sc2nccn2C)cc1)C1CCCC1. The highest BCUT2D eigenvalue weighted by molar-refractivity contribution is 7.99. The Morgan fingerprint density at radius 2 is 1.92 bits per heavy atom. The van der Waals surface area contributed by atoms with Gasteiger partial charge in [0, 0.05) is 36.9 Å². The number of nitrogens with one attached hydrogen (secondary N) is 2. The van der Waals surface area contributed by atoms with E-state index in [1.54, 1.807) is 18.0 Å². The minimum Gasteiger partial charge on any atom is -0.344 e. The van der Waals surface area contributed by atoms with Gasteiger partial charge in [-0.05, 0) is 43.0 Å². The molecule has 2 amide bonds. The number of hydrogen-bond donors (Lipinski definition) is 2. The summed E-state index contributed by atoms with van der Waals surface area (Å²) in [5.74, 6) is -0.0902. The van der Waals surface area contributed by atoms with E-state index in [-0.39, 0.29) is 17.7 Å². The molecular weight excluding hydrogens is 348 g/mol. The van der Waals surface area contributed by atoms with Crippen molar-refractivity contribution in [1.82, 2.24) is 14.9 Å². The molecule has 1 atom stereocenters. The summed E-state index contributed by atoms with van der Waals surface area (Å²) in [5.41, 5.74) is 0.729. The Bertz CT molecular complexity index is 766. The summed E-state index contributed by atoms with van der Waals surface area (Å²) in [6, 6.07) is 7.21. The van der Waals surface area contributed by atoms with Gasteiger partial charge in [0.05, 0.1) is 0 Å². The van der Waals surface area contributed by atoms with Gasteiger partial charge in [-0.25, -0.2) is 4.98 Å². The van der Waals surface area contributed by atoms with Gasteiger partial charge in [-0.15, -0.1) is 0 Å². The molecule has 1 aliphatic carbocycles. The third-order valence-electron chi connectivity index (χ3n) is 4.62. The Hall–Kier alpha value is -2.28. The van der Waals surface area contributed by atoms with Gasteiger partial charge in [-0.3, -0.25) is 9.59 Å². The van der Waals surface area contributed by atoms with E-state index in [1.807, 2.05) is 42.1 Å². The average Bonchev–Trinajstić information content (AvgIpc) is 3.27. The molecule has 1 aliphatic rings. The van der Waals surface area contributed by atoms with Crippen LogP contribution < -0.4 is 10.6 Å². The Labute approximate surface area is 157 Å². The van der Waals surface area contributed by atoms with Crippen LogP contribution in [0.25, 0.3) is 0 Å². The molecular formula is C19H24N4O2S. The van der Waals surface area contributed by atoms with E-state index in [0.717, 1.165) is 41.4 Å². The average molecular weight is 372 g/mol. The van der Waals surface area contributed by atoms with Gasteiger partial charge in [0.15, 0.2) is 5.16 Å². The van der Waals surface area contributed by atoms with Crippen LogP contribution in [-0.4, -0.2) is 27.4 Å². The highest BCUT2D eigenvalue weighted by atomic mass is 32.2. The number of aryl methyl sites for hydroxylation is 1. The molecule has 26 heavy (non-hydrogen) atoms. The van der Waals surface area contributed by atoms with Gasteiger partial charge in [0.25, 0.3) is 0 Å². The molecule has 7 heteroatoms. The fourth-order valence-corrected chi connectivity index (χ4v) is 4.09. The summed E-state index contributed by atoms with van der Waals surface area (Å²) < 4.78 is 1.96. The van der Waals surface area contributed by atoms with Gasteiger partial charge in [0.1, 0.15) is 6.04 Å². The van der Waals surface area contributed by atoms with E-state index in [2.05, 4.69) is 15.6 Å². The molecule has 0 aliphatic heterocycles. The van der Waals surface area contributed by atoms with Crippen molar-refractivity contribution in [2.45, 2.75) is 48.7 Å². The second-order valence-electron chi connectivity index (χ2n) is 6.66. The highest BCUT2D eigenvalue weighted by Crippen LogP contribution is 2.29. The molecule has 1 aromatic heterocycles. The summed E-state index contributed by atoms with van der Waals surface area (Å²) in [6.45, 7) is 1.46. The first-order valence-corrected chi connectivity index (χ1v) is 9.68. The van der Waals surface area contributed by atoms with E-state index in [4.69, 9.17) is 0 Å². The van der Waals surface area contributed by atoms with Crippen molar-refractivity contribution < 1.29 is 9.59 Å². The normalized spacial score (nSPS) is 15.6. The van der Waals surface area contributed by atoms with Gasteiger partial charge >= 0.3 is 0 Å². The zero-order valence-electron chi connectivity index (χ0n) is 15.1. The maximum atomic E-state index is 12.7. The van der Waals surface area contributed by atoms with Crippen molar-refractivity contribution in [3.8, 4) is 0 Å². The Morgan fingerprint density at radius 1 is 1.23 bits per heavy atom. The quantitative estimate of drug-likeness (QED) is 0.816. The van der Waals surface area contributed by atoms with Gasteiger partial charge in [-0.2, -0.15) is 0 Å². The largest absolute Gasteiger partial charge is 0.344 e. The number of imidazole rings is 1. The number of benzene rings is 1. The molecule has 0 saturated heterocycles. The zero-order chi connectivity index (χ0) is 18.5. The van der Waals surface area contributed by atoms with Crippen LogP contribution in [0.5, 0.6) is 0 Å². The van der Waals surface area contributed by atoms with Crippen LogP contribution in [0.2, 0.25) is 0 Å². The van der Waals surface area contributed by atoms with E-state index in [9.17, 15) is 9.59 Å². The van der Waals surface area contributed by atoms with Gasteiger partial charge in [0.2, 0.25) is 11.8 Å². The van der Waals surface area contributed by atoms with Crippen LogP contribution in [0.4, 0.5) is 5.69 Å². The fraction of sp³-hybridized carbons (Fsp3) is 0.421. The monoisotopic (exact) mass is 372 g/mol. The predicted octanol–water partition coefficient (Wildman–Crippen LogP) is 3.20.